The second kappa shape index (κ2) is 8.42. The number of carbonyl (C=O) groups is 1. The number of carbonyl (C=O) groups excluding carboxylic acids is 1. The van der Waals surface area contributed by atoms with Crippen LogP contribution >= 0.6 is 0 Å². The fourth-order valence-corrected chi connectivity index (χ4v) is 2.97. The lowest BCUT2D eigenvalue weighted by Crippen LogP contribution is -2.34. The van der Waals surface area contributed by atoms with Gasteiger partial charge in [-0.25, -0.2) is 4.98 Å². The molecule has 31 heavy (non-hydrogen) atoms. The molecule has 0 bridgehead atoms. The Morgan fingerprint density at radius 3 is 2.42 bits per heavy atom. The highest BCUT2D eigenvalue weighted by Crippen LogP contribution is 2.33. The molecule has 0 aliphatic carbocycles. The van der Waals surface area contributed by atoms with E-state index in [0.29, 0.717) is 22.3 Å². The third kappa shape index (κ3) is 4.47. The molecular formula is C19H18F3N5O4. The minimum absolute atomic E-state index is 0.0177. The molecule has 12 heteroatoms. The van der Waals surface area contributed by atoms with Gasteiger partial charge in [-0.15, -0.1) is 0 Å². The highest BCUT2D eigenvalue weighted by atomic mass is 19.4. The summed E-state index contributed by atoms with van der Waals surface area (Å²) in [6.45, 7) is -1.49. The van der Waals surface area contributed by atoms with Crippen molar-refractivity contribution in [1.29, 1.82) is 0 Å². The number of nitrogens with one attached hydrogen (secondary N) is 1. The number of amides is 1. The molecule has 0 atom stereocenters. The standard InChI is InChI=1S/C19H18F3N5O4/c1-30-14-6-11(7-15(31-2)16(14)18(28)24-8-19(20,21)22)27-9-25-12-5-10(17(23)26-29)3-4-13(12)27/h3-7,9,29H,8H2,1-2H3,(H2,23,26)(H,24,28). The molecule has 4 N–H and O–H groups in total. The molecule has 3 aromatic rings. The van der Waals surface area contributed by atoms with E-state index in [4.69, 9.17) is 20.4 Å². The largest absolute Gasteiger partial charge is 0.496 e. The SMILES string of the molecule is COc1cc(-n2cnc3cc(/C(N)=N\O)ccc32)cc(OC)c1C(=O)NCC(F)(F)F. The first-order valence-corrected chi connectivity index (χ1v) is 8.75. The summed E-state index contributed by atoms with van der Waals surface area (Å²) in [5.41, 5.74) is 7.56. The minimum atomic E-state index is -4.56. The van der Waals surface area contributed by atoms with Gasteiger partial charge in [-0.3, -0.25) is 9.36 Å². The normalized spacial score (nSPS) is 12.1. The van der Waals surface area contributed by atoms with Crippen molar-refractivity contribution in [3.05, 3.63) is 47.8 Å². The van der Waals surface area contributed by atoms with Crippen LogP contribution in [0.3, 0.4) is 0 Å². The highest BCUT2D eigenvalue weighted by molar-refractivity contribution is 6.01. The number of aromatic nitrogens is 2. The minimum Gasteiger partial charge on any atom is -0.496 e. The van der Waals surface area contributed by atoms with E-state index in [1.807, 2.05) is 5.32 Å². The molecule has 0 unspecified atom stereocenters. The summed E-state index contributed by atoms with van der Waals surface area (Å²) in [6, 6.07) is 7.89. The molecule has 1 amide bonds. The van der Waals surface area contributed by atoms with E-state index in [1.54, 1.807) is 22.8 Å². The van der Waals surface area contributed by atoms with Crippen molar-refractivity contribution in [3.8, 4) is 17.2 Å². The first-order chi connectivity index (χ1) is 14.7. The van der Waals surface area contributed by atoms with E-state index in [2.05, 4.69) is 10.1 Å². The molecule has 9 nitrogen and oxygen atoms in total. The zero-order chi connectivity index (χ0) is 22.8. The van der Waals surface area contributed by atoms with Crippen LogP contribution in [0.15, 0.2) is 41.8 Å². The summed E-state index contributed by atoms with van der Waals surface area (Å²) in [6.07, 6.45) is -3.06. The summed E-state index contributed by atoms with van der Waals surface area (Å²) in [7, 11) is 2.57. The van der Waals surface area contributed by atoms with Crippen LogP contribution in [0.4, 0.5) is 13.2 Å². The van der Waals surface area contributed by atoms with Crippen LogP contribution in [0.5, 0.6) is 11.5 Å². The first kappa shape index (κ1) is 21.7. The van der Waals surface area contributed by atoms with Crippen molar-refractivity contribution in [3.63, 3.8) is 0 Å². The van der Waals surface area contributed by atoms with Gasteiger partial charge in [0.15, 0.2) is 5.84 Å². The summed E-state index contributed by atoms with van der Waals surface area (Å²) >= 11 is 0. The number of ether oxygens (including phenoxy) is 2. The van der Waals surface area contributed by atoms with Gasteiger partial charge in [0.1, 0.15) is 29.9 Å². The van der Waals surface area contributed by atoms with Crippen LogP contribution in [-0.2, 0) is 0 Å². The Morgan fingerprint density at radius 2 is 1.87 bits per heavy atom. The lowest BCUT2D eigenvalue weighted by atomic mass is 10.1. The third-order valence-corrected chi connectivity index (χ3v) is 4.40. The number of alkyl halides is 3. The van der Waals surface area contributed by atoms with Crippen molar-refractivity contribution in [2.45, 2.75) is 6.18 Å². The van der Waals surface area contributed by atoms with E-state index in [9.17, 15) is 18.0 Å². The lowest BCUT2D eigenvalue weighted by molar-refractivity contribution is -0.123. The van der Waals surface area contributed by atoms with Gasteiger partial charge in [-0.05, 0) is 18.2 Å². The molecule has 3 rings (SSSR count). The highest BCUT2D eigenvalue weighted by Gasteiger charge is 2.30. The van der Waals surface area contributed by atoms with E-state index in [0.717, 1.165) is 0 Å². The van der Waals surface area contributed by atoms with E-state index in [-0.39, 0.29) is 22.9 Å². The second-order valence-corrected chi connectivity index (χ2v) is 6.33. The van der Waals surface area contributed by atoms with Crippen molar-refractivity contribution in [2.75, 3.05) is 20.8 Å². The van der Waals surface area contributed by atoms with Gasteiger partial charge in [0.2, 0.25) is 0 Å². The van der Waals surface area contributed by atoms with E-state index in [1.165, 1.54) is 32.7 Å². The molecule has 1 heterocycles. The Labute approximate surface area is 173 Å². The number of amidine groups is 1. The Kier molecular flexibility index (Phi) is 5.90. The van der Waals surface area contributed by atoms with Gasteiger partial charge < -0.3 is 25.7 Å². The zero-order valence-electron chi connectivity index (χ0n) is 16.4. The molecule has 164 valence electrons. The number of fused-ring (bicyclic) bond motifs is 1. The second-order valence-electron chi connectivity index (χ2n) is 6.33. The maximum absolute atomic E-state index is 12.5. The molecule has 0 aliphatic heterocycles. The Bertz CT molecular complexity index is 1130. The molecule has 2 aromatic carbocycles. The first-order valence-electron chi connectivity index (χ1n) is 8.75. The molecule has 0 fully saturated rings. The molecule has 1 aromatic heterocycles. The number of nitrogens with two attached hydrogens (primary N) is 1. The molecule has 0 spiro atoms. The third-order valence-electron chi connectivity index (χ3n) is 4.40. The van der Waals surface area contributed by atoms with Crippen LogP contribution < -0.4 is 20.5 Å². The number of nitrogens with zero attached hydrogens (tertiary/aromatic N) is 3. The average Bonchev–Trinajstić information content (AvgIpc) is 3.18. The number of rotatable bonds is 6. The Hall–Kier alpha value is -3.96. The van der Waals surface area contributed by atoms with Crippen LogP contribution in [-0.4, -0.2) is 53.4 Å². The average molecular weight is 437 g/mol. The van der Waals surface area contributed by atoms with Crippen LogP contribution in [0, 0.1) is 0 Å². The van der Waals surface area contributed by atoms with Gasteiger partial charge >= 0.3 is 6.18 Å². The topological polar surface area (TPSA) is 124 Å². The van der Waals surface area contributed by atoms with Crippen LogP contribution in [0.1, 0.15) is 15.9 Å². The number of hydrogen-bond donors (Lipinski definition) is 3. The number of halogens is 3. The van der Waals surface area contributed by atoms with Gasteiger partial charge in [-0.2, -0.15) is 13.2 Å². The number of oxime groups is 1. The molecule has 0 saturated heterocycles. The predicted molar refractivity (Wildman–Crippen MR) is 105 cm³/mol. The summed E-state index contributed by atoms with van der Waals surface area (Å²) in [5, 5.41) is 13.6. The maximum Gasteiger partial charge on any atom is 0.405 e. The molecular weight excluding hydrogens is 419 g/mol. The van der Waals surface area contributed by atoms with Gasteiger partial charge in [-0.1, -0.05) is 5.16 Å². The summed E-state index contributed by atoms with van der Waals surface area (Å²) in [4.78, 5) is 16.6. The van der Waals surface area contributed by atoms with Crippen molar-refractivity contribution >= 4 is 22.8 Å². The zero-order valence-corrected chi connectivity index (χ0v) is 16.4. The van der Waals surface area contributed by atoms with E-state index >= 15 is 0 Å². The lowest BCUT2D eigenvalue weighted by Gasteiger charge is -2.16. The fraction of sp³-hybridized carbons (Fsp3) is 0.211. The predicted octanol–water partition coefficient (Wildman–Crippen LogP) is 2.43. The molecule has 0 saturated carbocycles. The number of hydrogen-bond acceptors (Lipinski definition) is 6. The smallest absolute Gasteiger partial charge is 0.405 e. The fourth-order valence-electron chi connectivity index (χ4n) is 2.97. The van der Waals surface area contributed by atoms with Crippen molar-refractivity contribution < 1.29 is 32.6 Å². The summed E-state index contributed by atoms with van der Waals surface area (Å²) < 4.78 is 49.6. The number of methoxy groups -OCH3 is 2. The number of imidazole rings is 1. The quantitative estimate of drug-likeness (QED) is 0.236. The van der Waals surface area contributed by atoms with Gasteiger partial charge in [0.05, 0.1) is 30.9 Å². The van der Waals surface area contributed by atoms with Crippen LogP contribution in [0.25, 0.3) is 16.7 Å². The molecule has 0 aliphatic rings. The number of benzene rings is 2. The monoisotopic (exact) mass is 437 g/mol. The molecule has 0 radical (unpaired) electrons. The Morgan fingerprint density at radius 1 is 1.23 bits per heavy atom. The van der Waals surface area contributed by atoms with Crippen molar-refractivity contribution in [1.82, 2.24) is 14.9 Å². The Balaban J connectivity index is 2.06. The van der Waals surface area contributed by atoms with E-state index < -0.39 is 18.6 Å². The van der Waals surface area contributed by atoms with Gasteiger partial charge in [0, 0.05) is 17.7 Å². The maximum atomic E-state index is 12.5. The van der Waals surface area contributed by atoms with Crippen molar-refractivity contribution in [2.24, 2.45) is 10.9 Å². The van der Waals surface area contributed by atoms with Crippen LogP contribution in [0.2, 0.25) is 0 Å². The van der Waals surface area contributed by atoms with Gasteiger partial charge in [0.25, 0.3) is 5.91 Å². The summed E-state index contributed by atoms with van der Waals surface area (Å²) in [5.74, 6) is -1.03.